The number of benzene rings is 3. The van der Waals surface area contributed by atoms with Crippen LogP contribution in [0.4, 0.5) is 11.4 Å². The Morgan fingerprint density at radius 3 is 2.29 bits per heavy atom. The normalized spacial score (nSPS) is 12.0. The van der Waals surface area contributed by atoms with Crippen LogP contribution >= 0.6 is 11.3 Å². The third-order valence-corrected chi connectivity index (χ3v) is 6.72. The lowest BCUT2D eigenvalue weighted by molar-refractivity contribution is -0.122. The smallest absolute Gasteiger partial charge is 0.241 e. The van der Waals surface area contributed by atoms with Gasteiger partial charge in [0.1, 0.15) is 0 Å². The minimum atomic E-state index is -0.466. The number of fused-ring (bicyclic) bond motifs is 1. The lowest BCUT2D eigenvalue weighted by atomic mass is 10.1. The maximum absolute atomic E-state index is 12.7. The molecule has 4 aromatic rings. The summed E-state index contributed by atoms with van der Waals surface area (Å²) in [5.74, 6) is -0.324. The predicted molar refractivity (Wildman–Crippen MR) is 139 cm³/mol. The predicted octanol–water partition coefficient (Wildman–Crippen LogP) is 5.09. The number of hydrogen-bond acceptors (Lipinski definition) is 5. The molecule has 0 aliphatic heterocycles. The number of thiazole rings is 1. The average Bonchev–Trinajstić information content (AvgIpc) is 3.23. The first kappa shape index (κ1) is 23.6. The number of nitrogens with zero attached hydrogens (tertiary/aromatic N) is 2. The molecule has 4 rings (SSSR count). The molecule has 0 radical (unpaired) electrons. The number of rotatable bonds is 8. The van der Waals surface area contributed by atoms with Gasteiger partial charge in [-0.05, 0) is 62.9 Å². The van der Waals surface area contributed by atoms with Gasteiger partial charge in [0.15, 0.2) is 0 Å². The highest BCUT2D eigenvalue weighted by Crippen LogP contribution is 2.24. The zero-order valence-corrected chi connectivity index (χ0v) is 20.4. The zero-order chi connectivity index (χ0) is 24.1. The summed E-state index contributed by atoms with van der Waals surface area (Å²) in [4.78, 5) is 31.5. The van der Waals surface area contributed by atoms with Crippen LogP contribution < -0.4 is 10.6 Å². The fourth-order valence-corrected chi connectivity index (χ4v) is 4.53. The highest BCUT2D eigenvalue weighted by molar-refractivity contribution is 7.18. The molecule has 0 bridgehead atoms. The van der Waals surface area contributed by atoms with Crippen LogP contribution in [0.1, 0.15) is 23.1 Å². The molecule has 0 spiro atoms. The molecule has 0 unspecified atom stereocenters. The van der Waals surface area contributed by atoms with Gasteiger partial charge >= 0.3 is 0 Å². The van der Waals surface area contributed by atoms with Gasteiger partial charge in [-0.3, -0.25) is 14.5 Å². The Morgan fingerprint density at radius 2 is 1.59 bits per heavy atom. The van der Waals surface area contributed by atoms with Crippen LogP contribution in [0.25, 0.3) is 10.2 Å². The number of amides is 2. The van der Waals surface area contributed by atoms with E-state index < -0.39 is 6.04 Å². The quantitative estimate of drug-likeness (QED) is 0.374. The van der Waals surface area contributed by atoms with Gasteiger partial charge in [0.05, 0.1) is 27.8 Å². The molecule has 3 aromatic carbocycles. The van der Waals surface area contributed by atoms with E-state index in [0.717, 1.165) is 39.4 Å². The standard InChI is InChI=1S/C27H28N4O2S/c1-18-8-12-21(13-9-18)28-25(32)17-31(3)19(2)27(33)29-22-14-10-20(11-15-22)16-26-30-23-6-4-5-7-24(23)34-26/h4-15,19H,16-17H2,1-3H3,(H,28,32)(H,29,33)/t19-/m1/s1. The molecule has 1 aromatic heterocycles. The van der Waals surface area contributed by atoms with E-state index in [1.165, 1.54) is 4.70 Å². The molecule has 0 saturated heterocycles. The second-order valence-corrected chi connectivity index (χ2v) is 9.56. The van der Waals surface area contributed by atoms with Crippen molar-refractivity contribution in [2.75, 3.05) is 24.2 Å². The summed E-state index contributed by atoms with van der Waals surface area (Å²) in [6, 6.07) is 23.1. The molecule has 0 aliphatic carbocycles. The van der Waals surface area contributed by atoms with Crippen LogP contribution in [0.5, 0.6) is 0 Å². The summed E-state index contributed by atoms with van der Waals surface area (Å²) >= 11 is 1.70. The van der Waals surface area contributed by atoms with E-state index in [1.54, 1.807) is 30.2 Å². The highest BCUT2D eigenvalue weighted by atomic mass is 32.1. The molecule has 1 heterocycles. The van der Waals surface area contributed by atoms with Crippen LogP contribution in [0.2, 0.25) is 0 Å². The number of para-hydroxylation sites is 1. The number of carbonyl (C=O) groups excluding carboxylic acids is 2. The largest absolute Gasteiger partial charge is 0.325 e. The van der Waals surface area contributed by atoms with Gasteiger partial charge in [-0.25, -0.2) is 4.98 Å². The Bertz CT molecular complexity index is 1250. The Hall–Kier alpha value is -3.55. The van der Waals surface area contributed by atoms with Crippen molar-refractivity contribution in [3.8, 4) is 0 Å². The van der Waals surface area contributed by atoms with Crippen molar-refractivity contribution in [1.82, 2.24) is 9.88 Å². The number of carbonyl (C=O) groups is 2. The number of anilines is 2. The van der Waals surface area contributed by atoms with E-state index in [9.17, 15) is 9.59 Å². The monoisotopic (exact) mass is 472 g/mol. The highest BCUT2D eigenvalue weighted by Gasteiger charge is 2.20. The average molecular weight is 473 g/mol. The van der Waals surface area contributed by atoms with E-state index in [1.807, 2.05) is 73.7 Å². The van der Waals surface area contributed by atoms with Crippen LogP contribution in [-0.4, -0.2) is 41.3 Å². The van der Waals surface area contributed by atoms with Crippen LogP contribution in [0.3, 0.4) is 0 Å². The Morgan fingerprint density at radius 1 is 0.941 bits per heavy atom. The molecule has 7 heteroatoms. The van der Waals surface area contributed by atoms with Crippen molar-refractivity contribution in [2.24, 2.45) is 0 Å². The van der Waals surface area contributed by atoms with E-state index in [0.29, 0.717) is 0 Å². The third kappa shape index (κ3) is 6.07. The molecule has 2 amide bonds. The lowest BCUT2D eigenvalue weighted by Gasteiger charge is -2.23. The fraction of sp³-hybridized carbons (Fsp3) is 0.222. The first-order valence-corrected chi connectivity index (χ1v) is 12.0. The van der Waals surface area contributed by atoms with E-state index in [2.05, 4.69) is 21.7 Å². The Balaban J connectivity index is 1.28. The van der Waals surface area contributed by atoms with Crippen molar-refractivity contribution in [3.63, 3.8) is 0 Å². The summed E-state index contributed by atoms with van der Waals surface area (Å²) in [6.07, 6.45) is 0.753. The second kappa shape index (κ2) is 10.6. The molecule has 0 fully saturated rings. The summed E-state index contributed by atoms with van der Waals surface area (Å²) < 4.78 is 1.19. The molecule has 1 atom stereocenters. The van der Waals surface area contributed by atoms with Gasteiger partial charge in [-0.2, -0.15) is 0 Å². The fourth-order valence-electron chi connectivity index (χ4n) is 3.52. The van der Waals surface area contributed by atoms with Gasteiger partial charge in [-0.15, -0.1) is 11.3 Å². The van der Waals surface area contributed by atoms with Gasteiger partial charge < -0.3 is 10.6 Å². The Labute approximate surface area is 203 Å². The van der Waals surface area contributed by atoms with Crippen LogP contribution in [-0.2, 0) is 16.0 Å². The van der Waals surface area contributed by atoms with Gasteiger partial charge in [0.25, 0.3) is 0 Å². The number of nitrogens with one attached hydrogen (secondary N) is 2. The summed E-state index contributed by atoms with van der Waals surface area (Å²) in [6.45, 7) is 3.90. The molecule has 0 saturated carbocycles. The van der Waals surface area contributed by atoms with Crippen LogP contribution in [0.15, 0.2) is 72.8 Å². The van der Waals surface area contributed by atoms with Crippen molar-refractivity contribution in [1.29, 1.82) is 0 Å². The molecule has 34 heavy (non-hydrogen) atoms. The number of aryl methyl sites for hydroxylation is 1. The summed E-state index contributed by atoms with van der Waals surface area (Å²) in [7, 11) is 1.76. The van der Waals surface area contributed by atoms with Crippen molar-refractivity contribution in [3.05, 3.63) is 88.9 Å². The molecular formula is C27H28N4O2S. The van der Waals surface area contributed by atoms with Gasteiger partial charge in [0.2, 0.25) is 11.8 Å². The minimum Gasteiger partial charge on any atom is -0.325 e. The minimum absolute atomic E-state index is 0.115. The van der Waals surface area contributed by atoms with Crippen LogP contribution in [0, 0.1) is 6.92 Å². The number of hydrogen-bond donors (Lipinski definition) is 2. The number of likely N-dealkylation sites (N-methyl/N-ethyl adjacent to an activating group) is 1. The molecular weight excluding hydrogens is 444 g/mol. The van der Waals surface area contributed by atoms with Gasteiger partial charge in [0, 0.05) is 17.8 Å². The van der Waals surface area contributed by atoms with Crippen molar-refractivity contribution in [2.45, 2.75) is 26.3 Å². The molecule has 2 N–H and O–H groups in total. The van der Waals surface area contributed by atoms with Crippen molar-refractivity contribution < 1.29 is 9.59 Å². The van der Waals surface area contributed by atoms with E-state index >= 15 is 0 Å². The summed E-state index contributed by atoms with van der Waals surface area (Å²) in [5, 5.41) is 6.87. The first-order chi connectivity index (χ1) is 16.4. The zero-order valence-electron chi connectivity index (χ0n) is 19.5. The first-order valence-electron chi connectivity index (χ1n) is 11.2. The summed E-state index contributed by atoms with van der Waals surface area (Å²) in [5.41, 5.74) is 4.76. The SMILES string of the molecule is Cc1ccc(NC(=O)CN(C)[C@H](C)C(=O)Nc2ccc(Cc3nc4ccccc4s3)cc2)cc1. The molecule has 174 valence electrons. The van der Waals surface area contributed by atoms with E-state index in [-0.39, 0.29) is 18.4 Å². The maximum atomic E-state index is 12.7. The maximum Gasteiger partial charge on any atom is 0.241 e. The number of aromatic nitrogens is 1. The van der Waals surface area contributed by atoms with Gasteiger partial charge in [-0.1, -0.05) is 42.0 Å². The topological polar surface area (TPSA) is 74.3 Å². The third-order valence-electron chi connectivity index (χ3n) is 5.68. The molecule has 0 aliphatic rings. The molecule has 6 nitrogen and oxygen atoms in total. The Kier molecular flexibility index (Phi) is 7.35. The lowest BCUT2D eigenvalue weighted by Crippen LogP contribution is -2.43. The second-order valence-electron chi connectivity index (χ2n) is 8.44. The van der Waals surface area contributed by atoms with Crippen molar-refractivity contribution >= 4 is 44.7 Å². The van der Waals surface area contributed by atoms with E-state index in [4.69, 9.17) is 0 Å².